The molecular formula is C23H19ClN4O4. The zero-order chi connectivity index (χ0) is 23.4. The molecule has 0 radical (unpaired) electrons. The van der Waals surface area contributed by atoms with Crippen LogP contribution >= 0.6 is 11.6 Å². The second-order valence-corrected chi connectivity index (χ2v) is 7.34. The molecule has 0 unspecified atom stereocenters. The molecule has 1 N–H and O–H groups in total. The van der Waals surface area contributed by atoms with E-state index in [1.165, 1.54) is 31.4 Å². The van der Waals surface area contributed by atoms with Crippen molar-refractivity contribution in [3.63, 3.8) is 0 Å². The molecule has 0 bridgehead atoms. The number of nitrogens with one attached hydrogen (secondary N) is 1. The van der Waals surface area contributed by atoms with Crippen LogP contribution in [0.15, 0.2) is 54.1 Å². The van der Waals surface area contributed by atoms with Gasteiger partial charge in [-0.25, -0.2) is 0 Å². The molecule has 3 rings (SSSR count). The number of ether oxygens (including phenoxy) is 1. The molecule has 0 aliphatic rings. The maximum absolute atomic E-state index is 12.7. The van der Waals surface area contributed by atoms with Gasteiger partial charge in [-0.1, -0.05) is 17.7 Å². The first-order valence-electron chi connectivity index (χ1n) is 9.45. The molecule has 0 atom stereocenters. The summed E-state index contributed by atoms with van der Waals surface area (Å²) < 4.78 is 7.11. The first-order valence-corrected chi connectivity index (χ1v) is 9.83. The number of nitriles is 1. The molecule has 3 aromatic rings. The van der Waals surface area contributed by atoms with Crippen molar-refractivity contribution in [3.05, 3.63) is 86.2 Å². The van der Waals surface area contributed by atoms with Crippen LogP contribution < -0.4 is 10.1 Å². The number of halogens is 1. The lowest BCUT2D eigenvalue weighted by molar-refractivity contribution is -0.384. The van der Waals surface area contributed by atoms with Crippen LogP contribution in [0.1, 0.15) is 17.0 Å². The molecule has 9 heteroatoms. The minimum atomic E-state index is -0.660. The van der Waals surface area contributed by atoms with Gasteiger partial charge < -0.3 is 14.6 Å². The Balaban J connectivity index is 1.93. The first-order chi connectivity index (χ1) is 15.2. The van der Waals surface area contributed by atoms with Crippen LogP contribution in [-0.2, 0) is 4.79 Å². The van der Waals surface area contributed by atoms with Crippen LogP contribution in [0, 0.1) is 35.3 Å². The number of aromatic nitrogens is 1. The average Bonchev–Trinajstić information content (AvgIpc) is 3.04. The van der Waals surface area contributed by atoms with Crippen molar-refractivity contribution >= 4 is 35.0 Å². The predicted octanol–water partition coefficient (Wildman–Crippen LogP) is 5.21. The summed E-state index contributed by atoms with van der Waals surface area (Å²) in [6.07, 6.45) is 1.50. The number of hydrogen-bond acceptors (Lipinski definition) is 5. The molecule has 1 aromatic heterocycles. The summed E-state index contributed by atoms with van der Waals surface area (Å²) in [5.41, 5.74) is 3.22. The number of carbonyl (C=O) groups is 1. The monoisotopic (exact) mass is 450 g/mol. The Morgan fingerprint density at radius 2 is 2.00 bits per heavy atom. The van der Waals surface area contributed by atoms with Gasteiger partial charge in [-0.15, -0.1) is 0 Å². The SMILES string of the molecule is COc1cc([N+](=O)[O-])ccc1NC(=O)/C(C#N)=C/c1cc(C)n(-c2cccc(Cl)c2)c1C. The van der Waals surface area contributed by atoms with Crippen LogP contribution in [0.3, 0.4) is 0 Å². The third kappa shape index (κ3) is 4.63. The molecule has 32 heavy (non-hydrogen) atoms. The number of benzene rings is 2. The van der Waals surface area contributed by atoms with E-state index in [1.807, 2.05) is 48.7 Å². The molecule has 0 spiro atoms. The fourth-order valence-corrected chi connectivity index (χ4v) is 3.52. The first kappa shape index (κ1) is 22.6. The van der Waals surface area contributed by atoms with Crippen molar-refractivity contribution in [1.82, 2.24) is 4.57 Å². The third-order valence-electron chi connectivity index (χ3n) is 4.85. The highest BCUT2D eigenvalue weighted by Crippen LogP contribution is 2.30. The maximum atomic E-state index is 12.7. The van der Waals surface area contributed by atoms with Gasteiger partial charge in [0.2, 0.25) is 0 Å². The number of nitrogens with zero attached hydrogens (tertiary/aromatic N) is 3. The molecule has 0 saturated carbocycles. The Morgan fingerprint density at radius 3 is 2.62 bits per heavy atom. The molecule has 2 aromatic carbocycles. The number of aryl methyl sites for hydroxylation is 1. The molecule has 0 aliphatic carbocycles. The molecule has 0 saturated heterocycles. The van der Waals surface area contributed by atoms with E-state index in [4.69, 9.17) is 16.3 Å². The maximum Gasteiger partial charge on any atom is 0.273 e. The number of amides is 1. The average molecular weight is 451 g/mol. The van der Waals surface area contributed by atoms with Gasteiger partial charge in [-0.05, 0) is 55.8 Å². The molecule has 1 heterocycles. The van der Waals surface area contributed by atoms with Gasteiger partial charge in [0.1, 0.15) is 17.4 Å². The van der Waals surface area contributed by atoms with Crippen LogP contribution in [0.4, 0.5) is 11.4 Å². The van der Waals surface area contributed by atoms with Crippen LogP contribution in [0.25, 0.3) is 11.8 Å². The van der Waals surface area contributed by atoms with Gasteiger partial charge in [0.15, 0.2) is 0 Å². The highest BCUT2D eigenvalue weighted by Gasteiger charge is 2.17. The fraction of sp³-hybridized carbons (Fsp3) is 0.130. The minimum absolute atomic E-state index is 0.115. The van der Waals surface area contributed by atoms with Gasteiger partial charge in [0, 0.05) is 28.2 Å². The van der Waals surface area contributed by atoms with Crippen LogP contribution in [0.5, 0.6) is 5.75 Å². The third-order valence-corrected chi connectivity index (χ3v) is 5.08. The van der Waals surface area contributed by atoms with E-state index in [0.717, 1.165) is 17.1 Å². The minimum Gasteiger partial charge on any atom is -0.494 e. The predicted molar refractivity (Wildman–Crippen MR) is 122 cm³/mol. The molecule has 0 aliphatic heterocycles. The lowest BCUT2D eigenvalue weighted by Gasteiger charge is -2.10. The highest BCUT2D eigenvalue weighted by atomic mass is 35.5. The topological polar surface area (TPSA) is 110 Å². The van der Waals surface area contributed by atoms with Crippen molar-refractivity contribution < 1.29 is 14.5 Å². The molecular weight excluding hydrogens is 432 g/mol. The number of non-ortho nitro benzene ring substituents is 1. The number of rotatable bonds is 6. The second-order valence-electron chi connectivity index (χ2n) is 6.91. The largest absolute Gasteiger partial charge is 0.494 e. The Kier molecular flexibility index (Phi) is 6.61. The van der Waals surface area contributed by atoms with Crippen molar-refractivity contribution in [2.75, 3.05) is 12.4 Å². The zero-order valence-electron chi connectivity index (χ0n) is 17.5. The number of nitro groups is 1. The van der Waals surface area contributed by atoms with E-state index < -0.39 is 10.8 Å². The second kappa shape index (κ2) is 9.37. The summed E-state index contributed by atoms with van der Waals surface area (Å²) in [5, 5.41) is 23.7. The normalized spacial score (nSPS) is 11.0. The number of methoxy groups -OCH3 is 1. The standard InChI is InChI=1S/C23H19ClN4O4/c1-14-9-16(15(2)27(14)19-6-4-5-18(24)11-19)10-17(13-25)23(29)26-21-8-7-20(28(30)31)12-22(21)32-3/h4-12H,1-3H3,(H,26,29)/b17-10+. The van der Waals surface area contributed by atoms with E-state index in [0.29, 0.717) is 10.6 Å². The Bertz CT molecular complexity index is 1290. The van der Waals surface area contributed by atoms with E-state index in [1.54, 1.807) is 6.07 Å². The Labute approximate surface area is 189 Å². The highest BCUT2D eigenvalue weighted by molar-refractivity contribution is 6.30. The van der Waals surface area contributed by atoms with Gasteiger partial charge in [0.25, 0.3) is 11.6 Å². The van der Waals surface area contributed by atoms with Gasteiger partial charge in [-0.3, -0.25) is 14.9 Å². The summed E-state index contributed by atoms with van der Waals surface area (Å²) in [4.78, 5) is 23.1. The number of nitro benzene ring substituents is 1. The Hall–Kier alpha value is -4.09. The van der Waals surface area contributed by atoms with Crippen molar-refractivity contribution in [3.8, 4) is 17.5 Å². The van der Waals surface area contributed by atoms with Crippen LogP contribution in [0.2, 0.25) is 5.02 Å². The lowest BCUT2D eigenvalue weighted by Crippen LogP contribution is -2.14. The number of hydrogen-bond donors (Lipinski definition) is 1. The Morgan fingerprint density at radius 1 is 1.25 bits per heavy atom. The van der Waals surface area contributed by atoms with Crippen molar-refractivity contribution in [1.29, 1.82) is 5.26 Å². The van der Waals surface area contributed by atoms with Crippen molar-refractivity contribution in [2.24, 2.45) is 0 Å². The van der Waals surface area contributed by atoms with E-state index >= 15 is 0 Å². The van der Waals surface area contributed by atoms with E-state index in [2.05, 4.69) is 5.32 Å². The molecule has 1 amide bonds. The zero-order valence-corrected chi connectivity index (χ0v) is 18.3. The quantitative estimate of drug-likeness (QED) is 0.240. The van der Waals surface area contributed by atoms with E-state index in [9.17, 15) is 20.2 Å². The summed E-state index contributed by atoms with van der Waals surface area (Å²) in [5.74, 6) is -0.545. The van der Waals surface area contributed by atoms with Gasteiger partial charge in [-0.2, -0.15) is 5.26 Å². The lowest BCUT2D eigenvalue weighted by atomic mass is 10.1. The summed E-state index contributed by atoms with van der Waals surface area (Å²) in [7, 11) is 1.33. The van der Waals surface area contributed by atoms with Gasteiger partial charge >= 0.3 is 0 Å². The summed E-state index contributed by atoms with van der Waals surface area (Å²) in [6, 6.07) is 14.9. The van der Waals surface area contributed by atoms with Crippen molar-refractivity contribution in [2.45, 2.75) is 13.8 Å². The summed E-state index contributed by atoms with van der Waals surface area (Å²) in [6.45, 7) is 3.80. The molecule has 0 fully saturated rings. The van der Waals surface area contributed by atoms with Crippen LogP contribution in [-0.4, -0.2) is 22.5 Å². The fourth-order valence-electron chi connectivity index (χ4n) is 3.34. The van der Waals surface area contributed by atoms with Gasteiger partial charge in [0.05, 0.1) is 23.8 Å². The number of anilines is 1. The number of carbonyl (C=O) groups excluding carboxylic acids is 1. The molecule has 162 valence electrons. The summed E-state index contributed by atoms with van der Waals surface area (Å²) >= 11 is 6.11. The smallest absolute Gasteiger partial charge is 0.273 e. The van der Waals surface area contributed by atoms with E-state index in [-0.39, 0.29) is 22.7 Å². The molecule has 8 nitrogen and oxygen atoms in total.